The molecular weight excluding hydrogens is 361 g/mol. The molecule has 1 saturated heterocycles. The molecule has 0 spiro atoms. The van der Waals surface area contributed by atoms with Gasteiger partial charge in [-0.1, -0.05) is 29.6 Å². The molecule has 134 valence electrons. The Balaban J connectivity index is 1.85. The van der Waals surface area contributed by atoms with Crippen LogP contribution in [0.5, 0.6) is 5.75 Å². The first-order chi connectivity index (χ1) is 12.0. The monoisotopic (exact) mass is 381 g/mol. The van der Waals surface area contributed by atoms with Crippen molar-refractivity contribution in [2.75, 3.05) is 13.1 Å². The van der Waals surface area contributed by atoms with E-state index in [1.165, 1.54) is 25.3 Å². The molecule has 1 aliphatic carbocycles. The highest BCUT2D eigenvalue weighted by Crippen LogP contribution is 2.36. The summed E-state index contributed by atoms with van der Waals surface area (Å²) in [5.41, 5.74) is 0.0300. The minimum atomic E-state index is -0.180. The van der Waals surface area contributed by atoms with Crippen molar-refractivity contribution < 1.29 is 5.11 Å². The first kappa shape index (κ1) is 17.1. The average molecular weight is 382 g/mol. The van der Waals surface area contributed by atoms with Crippen LogP contribution in [0.15, 0.2) is 10.9 Å². The summed E-state index contributed by atoms with van der Waals surface area (Å²) in [6, 6.07) is 1.41. The SMILES string of the molecule is O=c1c2c(Cl)cc(Cl)c(O)c2nc(CN2CCCCC2)n1CC1CC1. The number of hydrogen-bond acceptors (Lipinski definition) is 4. The molecular formula is C18H21Cl2N3O2. The fraction of sp³-hybridized carbons (Fsp3) is 0.556. The Labute approximate surface area is 156 Å². The van der Waals surface area contributed by atoms with Crippen LogP contribution in [0.3, 0.4) is 0 Å². The minimum absolute atomic E-state index is 0.119. The molecule has 0 radical (unpaired) electrons. The summed E-state index contributed by atoms with van der Waals surface area (Å²) in [5.74, 6) is 1.06. The molecule has 2 fully saturated rings. The van der Waals surface area contributed by atoms with Crippen LogP contribution in [0.2, 0.25) is 10.0 Å². The molecule has 0 unspecified atom stereocenters. The van der Waals surface area contributed by atoms with Crippen molar-refractivity contribution in [3.05, 3.63) is 32.3 Å². The van der Waals surface area contributed by atoms with Crippen molar-refractivity contribution in [3.63, 3.8) is 0 Å². The van der Waals surface area contributed by atoms with Crippen LogP contribution in [0, 0.1) is 5.92 Å². The molecule has 25 heavy (non-hydrogen) atoms. The molecule has 2 heterocycles. The zero-order valence-corrected chi connectivity index (χ0v) is 15.5. The summed E-state index contributed by atoms with van der Waals surface area (Å²) in [5, 5.41) is 10.9. The molecule has 1 aromatic carbocycles. The van der Waals surface area contributed by atoms with Gasteiger partial charge >= 0.3 is 0 Å². The van der Waals surface area contributed by atoms with Crippen molar-refractivity contribution in [1.29, 1.82) is 0 Å². The van der Waals surface area contributed by atoms with Gasteiger partial charge in [0.2, 0.25) is 0 Å². The smallest absolute Gasteiger partial charge is 0.263 e. The van der Waals surface area contributed by atoms with Crippen LogP contribution in [0.4, 0.5) is 0 Å². The number of likely N-dealkylation sites (tertiary alicyclic amines) is 1. The summed E-state index contributed by atoms with van der Waals surface area (Å²) < 4.78 is 1.76. The van der Waals surface area contributed by atoms with Gasteiger partial charge in [-0.15, -0.1) is 0 Å². The Morgan fingerprint density at radius 3 is 2.56 bits per heavy atom. The van der Waals surface area contributed by atoms with E-state index in [9.17, 15) is 9.90 Å². The molecule has 0 amide bonds. The van der Waals surface area contributed by atoms with E-state index in [4.69, 9.17) is 23.2 Å². The maximum atomic E-state index is 13.1. The van der Waals surface area contributed by atoms with Gasteiger partial charge in [-0.25, -0.2) is 4.98 Å². The predicted octanol–water partition coefficient (Wildman–Crippen LogP) is 3.80. The third-order valence-electron chi connectivity index (χ3n) is 5.14. The van der Waals surface area contributed by atoms with Gasteiger partial charge in [0.15, 0.2) is 5.75 Å². The summed E-state index contributed by atoms with van der Waals surface area (Å²) in [6.45, 7) is 3.31. The number of benzene rings is 1. The van der Waals surface area contributed by atoms with Gasteiger partial charge in [0.25, 0.3) is 5.56 Å². The highest BCUT2D eigenvalue weighted by atomic mass is 35.5. The number of aromatic hydroxyl groups is 1. The van der Waals surface area contributed by atoms with Gasteiger partial charge in [-0.05, 0) is 50.8 Å². The number of nitrogens with zero attached hydrogens (tertiary/aromatic N) is 3. The van der Waals surface area contributed by atoms with Crippen molar-refractivity contribution in [2.45, 2.75) is 45.2 Å². The molecule has 1 aromatic heterocycles. The quantitative estimate of drug-likeness (QED) is 0.874. The molecule has 1 N–H and O–H groups in total. The average Bonchev–Trinajstić information content (AvgIpc) is 3.41. The lowest BCUT2D eigenvalue weighted by Crippen LogP contribution is -2.34. The number of fused-ring (bicyclic) bond motifs is 1. The molecule has 0 atom stereocenters. The maximum Gasteiger partial charge on any atom is 0.263 e. The van der Waals surface area contributed by atoms with Crippen LogP contribution < -0.4 is 5.56 Å². The van der Waals surface area contributed by atoms with E-state index in [2.05, 4.69) is 9.88 Å². The number of phenolic OH excluding ortho intramolecular Hbond substituents is 1. The van der Waals surface area contributed by atoms with Gasteiger partial charge in [-0.2, -0.15) is 0 Å². The van der Waals surface area contributed by atoms with E-state index >= 15 is 0 Å². The molecule has 4 rings (SSSR count). The number of piperidine rings is 1. The third kappa shape index (κ3) is 3.37. The van der Waals surface area contributed by atoms with E-state index < -0.39 is 0 Å². The van der Waals surface area contributed by atoms with Gasteiger partial charge in [0.05, 0.1) is 22.0 Å². The number of hydrogen-bond donors (Lipinski definition) is 1. The molecule has 2 aliphatic rings. The highest BCUT2D eigenvalue weighted by Gasteiger charge is 2.26. The zero-order valence-electron chi connectivity index (χ0n) is 14.0. The number of phenols is 1. The van der Waals surface area contributed by atoms with Crippen LogP contribution in [-0.2, 0) is 13.1 Å². The summed E-state index contributed by atoms with van der Waals surface area (Å²) in [4.78, 5) is 20.1. The molecule has 1 aliphatic heterocycles. The Kier molecular flexibility index (Phi) is 4.65. The Morgan fingerprint density at radius 2 is 1.88 bits per heavy atom. The van der Waals surface area contributed by atoms with Gasteiger partial charge in [0, 0.05) is 6.54 Å². The second-order valence-electron chi connectivity index (χ2n) is 7.14. The van der Waals surface area contributed by atoms with Crippen molar-refractivity contribution in [3.8, 4) is 5.75 Å². The van der Waals surface area contributed by atoms with Crippen LogP contribution in [0.25, 0.3) is 10.9 Å². The number of aromatic nitrogens is 2. The minimum Gasteiger partial charge on any atom is -0.504 e. The fourth-order valence-electron chi connectivity index (χ4n) is 3.54. The molecule has 5 nitrogen and oxygen atoms in total. The molecule has 2 aromatic rings. The van der Waals surface area contributed by atoms with Gasteiger partial charge in [-0.3, -0.25) is 14.3 Å². The first-order valence-electron chi connectivity index (χ1n) is 8.87. The topological polar surface area (TPSA) is 58.4 Å². The Morgan fingerprint density at radius 1 is 1.16 bits per heavy atom. The highest BCUT2D eigenvalue weighted by molar-refractivity contribution is 6.39. The zero-order chi connectivity index (χ0) is 17.6. The lowest BCUT2D eigenvalue weighted by Gasteiger charge is -2.27. The standard InChI is InChI=1S/C18H21Cl2N3O2/c19-12-8-13(20)17(24)16-15(12)18(25)23(9-11-4-5-11)14(21-16)10-22-6-2-1-3-7-22/h8,11,24H,1-7,9-10H2. The largest absolute Gasteiger partial charge is 0.504 e. The van der Waals surface area contributed by atoms with Gasteiger partial charge < -0.3 is 5.11 Å². The van der Waals surface area contributed by atoms with E-state index in [1.54, 1.807) is 4.57 Å². The van der Waals surface area contributed by atoms with E-state index in [-0.39, 0.29) is 32.3 Å². The molecule has 7 heteroatoms. The fourth-order valence-corrected chi connectivity index (χ4v) is 4.07. The van der Waals surface area contributed by atoms with E-state index in [0.29, 0.717) is 24.8 Å². The van der Waals surface area contributed by atoms with E-state index in [1.807, 2.05) is 0 Å². The Bertz CT molecular complexity index is 871. The third-order valence-corrected chi connectivity index (χ3v) is 5.73. The summed E-state index contributed by atoms with van der Waals surface area (Å²) in [6.07, 6.45) is 5.88. The van der Waals surface area contributed by atoms with Crippen LogP contribution >= 0.6 is 23.2 Å². The number of halogens is 2. The molecule has 1 saturated carbocycles. The second kappa shape index (κ2) is 6.78. The predicted molar refractivity (Wildman–Crippen MR) is 99.5 cm³/mol. The molecule has 0 bridgehead atoms. The summed E-state index contributed by atoms with van der Waals surface area (Å²) >= 11 is 12.3. The normalized spacial score (nSPS) is 18.8. The Hall–Kier alpha value is -1.30. The van der Waals surface area contributed by atoms with Crippen LogP contribution in [0.1, 0.15) is 37.9 Å². The first-order valence-corrected chi connectivity index (χ1v) is 9.63. The lowest BCUT2D eigenvalue weighted by molar-refractivity contribution is 0.211. The van der Waals surface area contributed by atoms with Crippen molar-refractivity contribution in [2.24, 2.45) is 5.92 Å². The second-order valence-corrected chi connectivity index (χ2v) is 7.95. The number of rotatable bonds is 4. The van der Waals surface area contributed by atoms with Crippen LogP contribution in [-0.4, -0.2) is 32.6 Å². The lowest BCUT2D eigenvalue weighted by atomic mass is 10.1. The maximum absolute atomic E-state index is 13.1. The van der Waals surface area contributed by atoms with Gasteiger partial charge in [0.1, 0.15) is 11.3 Å². The van der Waals surface area contributed by atoms with Crippen molar-refractivity contribution in [1.82, 2.24) is 14.5 Å². The summed E-state index contributed by atoms with van der Waals surface area (Å²) in [7, 11) is 0. The van der Waals surface area contributed by atoms with Crippen molar-refractivity contribution >= 4 is 34.1 Å². The van der Waals surface area contributed by atoms with E-state index in [0.717, 1.165) is 25.9 Å².